The molecule has 2 aliphatic heterocycles. The van der Waals surface area contributed by atoms with Crippen molar-refractivity contribution in [3.63, 3.8) is 0 Å². The smallest absolute Gasteiger partial charge is 0.227 e. The van der Waals surface area contributed by atoms with Crippen LogP contribution in [0.5, 0.6) is 5.75 Å². The molecule has 6 heteroatoms. The number of thioether (sulfide) groups is 1. The largest absolute Gasteiger partial charge is 0.480 e. The molecule has 4 aromatic rings. The predicted octanol–water partition coefficient (Wildman–Crippen LogP) is 6.99. The highest BCUT2D eigenvalue weighted by molar-refractivity contribution is 7.98. The first-order valence-corrected chi connectivity index (χ1v) is 13.2. The van der Waals surface area contributed by atoms with E-state index >= 15 is 0 Å². The Bertz CT molecular complexity index is 1420. The van der Waals surface area contributed by atoms with Crippen molar-refractivity contribution in [1.82, 2.24) is 14.8 Å². The number of nitrogens with zero attached hydrogens (tertiary/aromatic N) is 3. The van der Waals surface area contributed by atoms with Crippen molar-refractivity contribution in [3.05, 3.63) is 106 Å². The minimum Gasteiger partial charge on any atom is -0.480 e. The molecule has 6 rings (SSSR count). The summed E-state index contributed by atoms with van der Waals surface area (Å²) < 4.78 is 8.76. The molecule has 0 fully saturated rings. The van der Waals surface area contributed by atoms with E-state index in [1.54, 1.807) is 11.8 Å². The summed E-state index contributed by atoms with van der Waals surface area (Å²) in [5.74, 6) is 2.10. The van der Waals surface area contributed by atoms with E-state index in [1.165, 1.54) is 11.1 Å². The number of aromatic nitrogens is 3. The fourth-order valence-electron chi connectivity index (χ4n) is 4.94. The molecule has 3 heterocycles. The van der Waals surface area contributed by atoms with Crippen LogP contribution in [0.2, 0.25) is 0 Å². The Kier molecular flexibility index (Phi) is 5.41. The molecule has 0 radical (unpaired) electrons. The molecule has 0 saturated heterocycles. The van der Waals surface area contributed by atoms with Gasteiger partial charge in [0.2, 0.25) is 11.1 Å². The second-order valence-electron chi connectivity index (χ2n) is 9.45. The molecule has 1 aromatic heterocycles. The third-order valence-corrected chi connectivity index (χ3v) is 7.38. The third-order valence-electron chi connectivity index (χ3n) is 6.84. The Labute approximate surface area is 210 Å². The summed E-state index contributed by atoms with van der Waals surface area (Å²) in [5, 5.41) is 9.25. The molecule has 3 aromatic carbocycles. The summed E-state index contributed by atoms with van der Waals surface area (Å²) in [6.07, 6.45) is 1.75. The Morgan fingerprint density at radius 3 is 2.37 bits per heavy atom. The minimum absolute atomic E-state index is 0.140. The van der Waals surface area contributed by atoms with E-state index in [1.807, 2.05) is 23.1 Å². The van der Waals surface area contributed by atoms with Gasteiger partial charge in [0, 0.05) is 11.1 Å². The Morgan fingerprint density at radius 2 is 1.66 bits per heavy atom. The van der Waals surface area contributed by atoms with Crippen LogP contribution in [0, 0.1) is 6.92 Å². The number of hydrogen-bond acceptors (Lipinski definition) is 5. The average Bonchev–Trinajstić information content (AvgIpc) is 3.30. The molecule has 0 unspecified atom stereocenters. The summed E-state index contributed by atoms with van der Waals surface area (Å²) >= 11 is 1.55. The van der Waals surface area contributed by atoms with Crippen LogP contribution in [-0.4, -0.2) is 21.0 Å². The van der Waals surface area contributed by atoms with Crippen molar-refractivity contribution in [1.29, 1.82) is 0 Å². The molecule has 176 valence electrons. The number of benzene rings is 3. The van der Waals surface area contributed by atoms with Gasteiger partial charge in [0.05, 0.1) is 5.70 Å². The first kappa shape index (κ1) is 22.0. The number of hydrogen-bond donors (Lipinski definition) is 1. The highest BCUT2D eigenvalue weighted by Gasteiger charge is 2.41. The van der Waals surface area contributed by atoms with Gasteiger partial charge in [-0.15, -0.1) is 5.10 Å². The topological polar surface area (TPSA) is 52.0 Å². The minimum atomic E-state index is -0.255. The summed E-state index contributed by atoms with van der Waals surface area (Å²) in [4.78, 5) is 4.78. The quantitative estimate of drug-likeness (QED) is 0.319. The van der Waals surface area contributed by atoms with Crippen molar-refractivity contribution in [2.45, 2.75) is 44.0 Å². The van der Waals surface area contributed by atoms with E-state index in [0.717, 1.165) is 44.8 Å². The maximum absolute atomic E-state index is 6.75. The van der Waals surface area contributed by atoms with Crippen molar-refractivity contribution >= 4 is 23.4 Å². The fourth-order valence-corrected chi connectivity index (χ4v) is 5.29. The molecule has 5 nitrogen and oxygen atoms in total. The maximum atomic E-state index is 6.75. The van der Waals surface area contributed by atoms with Crippen molar-refractivity contribution in [2.24, 2.45) is 0 Å². The molecular weight excluding hydrogens is 452 g/mol. The normalized spacial score (nSPS) is 18.4. The number of anilines is 1. The summed E-state index contributed by atoms with van der Waals surface area (Å²) in [6.45, 7) is 6.55. The molecule has 35 heavy (non-hydrogen) atoms. The Balaban J connectivity index is 1.59. The van der Waals surface area contributed by atoms with E-state index in [0.29, 0.717) is 5.92 Å². The fraction of sp³-hybridized carbons (Fsp3) is 0.241. The van der Waals surface area contributed by atoms with Gasteiger partial charge in [0.15, 0.2) is 0 Å². The first-order chi connectivity index (χ1) is 17.0. The maximum Gasteiger partial charge on any atom is 0.227 e. The van der Waals surface area contributed by atoms with Gasteiger partial charge in [-0.25, -0.2) is 4.68 Å². The molecule has 0 bridgehead atoms. The molecule has 0 aliphatic carbocycles. The van der Waals surface area contributed by atoms with Gasteiger partial charge in [-0.2, -0.15) is 4.98 Å². The SMILES string of the molecule is CSc1nc2n(n1)[C@@H](c1ccc(C)cc1)C1=C(N2)c2ccccc2O[C@@H]1c1ccc(C(C)C)cc1. The lowest BCUT2D eigenvalue weighted by Gasteiger charge is -2.39. The molecule has 0 saturated carbocycles. The molecule has 1 N–H and O–H groups in total. The summed E-state index contributed by atoms with van der Waals surface area (Å²) in [5.41, 5.74) is 8.09. The zero-order valence-electron chi connectivity index (χ0n) is 20.3. The van der Waals surface area contributed by atoms with Crippen LogP contribution < -0.4 is 10.1 Å². The number of nitrogens with one attached hydrogen (secondary N) is 1. The lowest BCUT2D eigenvalue weighted by molar-refractivity contribution is 0.223. The zero-order valence-corrected chi connectivity index (χ0v) is 21.1. The third kappa shape index (κ3) is 3.73. The average molecular weight is 481 g/mol. The van der Waals surface area contributed by atoms with Crippen LogP contribution in [0.25, 0.3) is 5.70 Å². The van der Waals surface area contributed by atoms with Crippen LogP contribution in [0.4, 0.5) is 5.95 Å². The van der Waals surface area contributed by atoms with Crippen LogP contribution in [-0.2, 0) is 0 Å². The molecule has 0 amide bonds. The number of aryl methyl sites for hydroxylation is 1. The molecular formula is C29H28N4OS. The van der Waals surface area contributed by atoms with E-state index in [2.05, 4.69) is 86.8 Å². The highest BCUT2D eigenvalue weighted by Crippen LogP contribution is 2.50. The number of ether oxygens (including phenoxy) is 1. The van der Waals surface area contributed by atoms with Crippen LogP contribution in [0.3, 0.4) is 0 Å². The van der Waals surface area contributed by atoms with Gasteiger partial charge in [-0.05, 0) is 47.9 Å². The monoisotopic (exact) mass is 480 g/mol. The van der Waals surface area contributed by atoms with Crippen LogP contribution in [0.1, 0.15) is 59.7 Å². The van der Waals surface area contributed by atoms with Gasteiger partial charge < -0.3 is 10.1 Å². The van der Waals surface area contributed by atoms with Gasteiger partial charge in [-0.3, -0.25) is 0 Å². The highest BCUT2D eigenvalue weighted by atomic mass is 32.2. The molecule has 0 spiro atoms. The summed E-state index contributed by atoms with van der Waals surface area (Å²) in [6, 6.07) is 25.6. The standard InChI is InChI=1S/C29H28N4OS/c1-17(2)19-13-15-21(16-14-19)27-24-25(22-7-5-6-8-23(22)34-27)30-28-31-29(35-4)32-33(28)26(24)20-11-9-18(3)10-12-20/h5-17,26-27H,1-4H3,(H,30,31,32)/t26-,27+/m0/s1. The van der Waals surface area contributed by atoms with Gasteiger partial charge in [-0.1, -0.05) is 91.8 Å². The predicted molar refractivity (Wildman–Crippen MR) is 142 cm³/mol. The van der Waals surface area contributed by atoms with Gasteiger partial charge >= 0.3 is 0 Å². The molecule has 2 aliphatic rings. The summed E-state index contributed by atoms with van der Waals surface area (Å²) in [7, 11) is 0. The Morgan fingerprint density at radius 1 is 0.943 bits per heavy atom. The van der Waals surface area contributed by atoms with Crippen molar-refractivity contribution in [2.75, 3.05) is 11.6 Å². The number of rotatable bonds is 4. The van der Waals surface area contributed by atoms with Gasteiger partial charge in [0.25, 0.3) is 0 Å². The first-order valence-electron chi connectivity index (χ1n) is 12.0. The second-order valence-corrected chi connectivity index (χ2v) is 10.2. The van der Waals surface area contributed by atoms with E-state index in [4.69, 9.17) is 14.8 Å². The van der Waals surface area contributed by atoms with E-state index in [9.17, 15) is 0 Å². The van der Waals surface area contributed by atoms with Crippen LogP contribution >= 0.6 is 11.8 Å². The second kappa shape index (κ2) is 8.61. The van der Waals surface area contributed by atoms with E-state index < -0.39 is 0 Å². The van der Waals surface area contributed by atoms with E-state index in [-0.39, 0.29) is 12.1 Å². The number of para-hydroxylation sites is 1. The Hall–Kier alpha value is -3.51. The van der Waals surface area contributed by atoms with Crippen molar-refractivity contribution < 1.29 is 4.74 Å². The van der Waals surface area contributed by atoms with Gasteiger partial charge in [0.1, 0.15) is 17.9 Å². The zero-order chi connectivity index (χ0) is 24.1. The van der Waals surface area contributed by atoms with Crippen molar-refractivity contribution in [3.8, 4) is 5.75 Å². The molecule has 2 atom stereocenters. The van der Waals surface area contributed by atoms with Crippen LogP contribution in [0.15, 0.2) is 83.5 Å². The lowest BCUT2D eigenvalue weighted by Crippen LogP contribution is -2.32. The number of fused-ring (bicyclic) bond motifs is 3. The lowest BCUT2D eigenvalue weighted by atomic mass is 9.84.